The largest absolute Gasteiger partial charge is 0.443 e. The second-order valence-corrected chi connectivity index (χ2v) is 8.51. The van der Waals surface area contributed by atoms with Crippen LogP contribution in [0.1, 0.15) is 86.0 Å². The maximum Gasteiger partial charge on any atom is 0.418 e. The predicted octanol–water partition coefficient (Wildman–Crippen LogP) is 5.54. The lowest BCUT2D eigenvalue weighted by molar-refractivity contribution is 0.0571. The minimum Gasteiger partial charge on any atom is -0.443 e. The Kier molecular flexibility index (Phi) is 9.37. The van der Waals surface area contributed by atoms with Crippen molar-refractivity contribution in [2.45, 2.75) is 97.6 Å². The summed E-state index contributed by atoms with van der Waals surface area (Å²) >= 11 is 1.46. The van der Waals surface area contributed by atoms with E-state index in [-0.39, 0.29) is 6.09 Å². The Morgan fingerprint density at radius 3 is 2.43 bits per heavy atom. The first-order chi connectivity index (χ1) is 10.9. The molecular weight excluding hydrogens is 308 g/mol. The van der Waals surface area contributed by atoms with Gasteiger partial charge in [0, 0.05) is 24.7 Å². The second-order valence-electron chi connectivity index (χ2n) is 7.65. The molecule has 0 heterocycles. The summed E-state index contributed by atoms with van der Waals surface area (Å²) in [5, 5.41) is 0. The van der Waals surface area contributed by atoms with Gasteiger partial charge in [0.2, 0.25) is 0 Å². The maximum atomic E-state index is 11.9. The Morgan fingerprint density at radius 2 is 1.91 bits per heavy atom. The summed E-state index contributed by atoms with van der Waals surface area (Å²) in [4.78, 5) is 11.9. The maximum absolute atomic E-state index is 11.9. The molecule has 4 nitrogen and oxygen atoms in total. The molecule has 136 valence electrons. The van der Waals surface area contributed by atoms with E-state index < -0.39 is 5.60 Å². The summed E-state index contributed by atoms with van der Waals surface area (Å²) in [7, 11) is 0. The highest BCUT2D eigenvalue weighted by Crippen LogP contribution is 2.28. The van der Waals surface area contributed by atoms with Crippen molar-refractivity contribution in [3.8, 4) is 0 Å². The molecule has 1 rings (SSSR count). The van der Waals surface area contributed by atoms with Crippen molar-refractivity contribution in [1.29, 1.82) is 0 Å². The summed E-state index contributed by atoms with van der Waals surface area (Å²) < 4.78 is 10.7. The highest BCUT2D eigenvalue weighted by atomic mass is 32.2. The Balaban J connectivity index is 2.57. The van der Waals surface area contributed by atoms with Gasteiger partial charge in [-0.25, -0.2) is 9.10 Å². The molecule has 0 bridgehead atoms. The van der Waals surface area contributed by atoms with Crippen LogP contribution in [-0.4, -0.2) is 28.6 Å². The molecule has 0 aromatic heterocycles. The van der Waals surface area contributed by atoms with Crippen LogP contribution in [0.2, 0.25) is 0 Å². The zero-order valence-electron chi connectivity index (χ0n) is 15.7. The summed E-state index contributed by atoms with van der Waals surface area (Å²) in [6.07, 6.45) is 9.78. The zero-order chi connectivity index (χ0) is 17.3. The molecule has 1 fully saturated rings. The van der Waals surface area contributed by atoms with Crippen molar-refractivity contribution in [3.63, 3.8) is 0 Å². The first-order valence-corrected chi connectivity index (χ1v) is 10.1. The summed E-state index contributed by atoms with van der Waals surface area (Å²) in [6, 6.07) is 0.578. The number of carbonyl (C=O) groups is 1. The van der Waals surface area contributed by atoms with Crippen LogP contribution >= 0.6 is 12.1 Å². The van der Waals surface area contributed by atoms with Crippen LogP contribution in [0.15, 0.2) is 0 Å². The highest BCUT2D eigenvalue weighted by molar-refractivity contribution is 7.95. The van der Waals surface area contributed by atoms with Gasteiger partial charge in [-0.3, -0.25) is 4.72 Å². The van der Waals surface area contributed by atoms with E-state index in [0.29, 0.717) is 12.0 Å². The van der Waals surface area contributed by atoms with Gasteiger partial charge in [-0.2, -0.15) is 0 Å². The van der Waals surface area contributed by atoms with Crippen LogP contribution in [0, 0.1) is 5.92 Å². The van der Waals surface area contributed by atoms with E-state index in [1.54, 1.807) is 0 Å². The van der Waals surface area contributed by atoms with Crippen molar-refractivity contribution in [1.82, 2.24) is 9.03 Å². The van der Waals surface area contributed by atoms with Gasteiger partial charge in [-0.05, 0) is 46.0 Å². The van der Waals surface area contributed by atoms with E-state index in [9.17, 15) is 4.79 Å². The summed E-state index contributed by atoms with van der Waals surface area (Å²) in [5.74, 6) is 0.704. The topological polar surface area (TPSA) is 41.6 Å². The molecule has 1 aliphatic rings. The van der Waals surface area contributed by atoms with Crippen molar-refractivity contribution in [2.75, 3.05) is 6.54 Å². The molecule has 1 aliphatic carbocycles. The molecule has 0 unspecified atom stereocenters. The number of amides is 1. The molecule has 1 N–H and O–H groups in total. The number of ether oxygens (including phenoxy) is 1. The number of hydrogen-bond donors (Lipinski definition) is 1. The molecule has 1 amide bonds. The normalized spacial score (nSPS) is 18.0. The molecule has 0 aromatic carbocycles. The molecule has 0 aromatic rings. The summed E-state index contributed by atoms with van der Waals surface area (Å²) in [6.45, 7) is 11.3. The van der Waals surface area contributed by atoms with E-state index in [4.69, 9.17) is 4.74 Å². The van der Waals surface area contributed by atoms with Gasteiger partial charge >= 0.3 is 6.09 Å². The van der Waals surface area contributed by atoms with Gasteiger partial charge in [0.25, 0.3) is 0 Å². The Hall–Kier alpha value is -0.420. The highest BCUT2D eigenvalue weighted by Gasteiger charge is 2.25. The minimum absolute atomic E-state index is 0.341. The van der Waals surface area contributed by atoms with Crippen molar-refractivity contribution in [2.24, 2.45) is 5.92 Å². The van der Waals surface area contributed by atoms with Gasteiger partial charge < -0.3 is 4.74 Å². The van der Waals surface area contributed by atoms with Crippen LogP contribution in [0.25, 0.3) is 0 Å². The average Bonchev–Trinajstić information content (AvgIpc) is 2.49. The Morgan fingerprint density at radius 1 is 1.26 bits per heavy atom. The average molecular weight is 345 g/mol. The number of nitrogens with zero attached hydrogens (tertiary/aromatic N) is 1. The Labute approximate surface area is 147 Å². The molecule has 0 aliphatic heterocycles. The molecule has 1 saturated carbocycles. The monoisotopic (exact) mass is 344 g/mol. The third kappa shape index (κ3) is 8.85. The van der Waals surface area contributed by atoms with Crippen molar-refractivity contribution >= 4 is 18.2 Å². The zero-order valence-corrected chi connectivity index (χ0v) is 16.5. The molecular formula is C18H36N2O2S. The molecule has 23 heavy (non-hydrogen) atoms. The fourth-order valence-electron chi connectivity index (χ4n) is 3.11. The van der Waals surface area contributed by atoms with Crippen molar-refractivity contribution in [3.05, 3.63) is 0 Å². The lowest BCUT2D eigenvalue weighted by atomic mass is 9.94. The Bertz CT molecular complexity index is 338. The first-order valence-electron chi connectivity index (χ1n) is 9.28. The number of carbonyl (C=O) groups excluding carboxylic acids is 1. The third-order valence-corrected chi connectivity index (χ3v) is 5.28. The van der Waals surface area contributed by atoms with Gasteiger partial charge in [0.05, 0.1) is 0 Å². The molecule has 0 spiro atoms. The van der Waals surface area contributed by atoms with E-state index in [0.717, 1.165) is 6.54 Å². The minimum atomic E-state index is -0.450. The summed E-state index contributed by atoms with van der Waals surface area (Å²) in [5.41, 5.74) is -0.450. The van der Waals surface area contributed by atoms with Crippen LogP contribution in [0.4, 0.5) is 4.79 Å². The number of nitrogens with one attached hydrogen (secondary N) is 1. The lowest BCUT2D eigenvalue weighted by Crippen LogP contribution is -2.39. The lowest BCUT2D eigenvalue weighted by Gasteiger charge is -2.35. The fraction of sp³-hybridized carbons (Fsp3) is 0.944. The van der Waals surface area contributed by atoms with E-state index in [1.165, 1.54) is 63.5 Å². The SMILES string of the molecule is CCC[C@H](CC)CN(SNC(=O)OC(C)(C)C)C1CCCCC1. The van der Waals surface area contributed by atoms with Crippen molar-refractivity contribution < 1.29 is 9.53 Å². The number of hydrogen-bond acceptors (Lipinski definition) is 4. The third-order valence-electron chi connectivity index (χ3n) is 4.34. The van der Waals surface area contributed by atoms with E-state index >= 15 is 0 Å². The number of rotatable bonds is 8. The van der Waals surface area contributed by atoms with Crippen LogP contribution in [-0.2, 0) is 4.74 Å². The van der Waals surface area contributed by atoms with E-state index in [2.05, 4.69) is 22.9 Å². The smallest absolute Gasteiger partial charge is 0.418 e. The van der Waals surface area contributed by atoms with E-state index in [1.807, 2.05) is 20.8 Å². The van der Waals surface area contributed by atoms with Gasteiger partial charge in [-0.1, -0.05) is 46.0 Å². The standard InChI is InChI=1S/C18H36N2O2S/c1-6-11-15(7-2)14-20(16-12-9-8-10-13-16)23-19-17(21)22-18(3,4)5/h15-16H,6-14H2,1-5H3,(H,19,21)/t15-/m0/s1. The van der Waals surface area contributed by atoms with Gasteiger partial charge in [-0.15, -0.1) is 0 Å². The predicted molar refractivity (Wildman–Crippen MR) is 99.2 cm³/mol. The van der Waals surface area contributed by atoms with Gasteiger partial charge in [0.15, 0.2) is 0 Å². The first kappa shape index (κ1) is 20.6. The molecule has 0 radical (unpaired) electrons. The van der Waals surface area contributed by atoms with Gasteiger partial charge in [0.1, 0.15) is 5.60 Å². The second kappa shape index (κ2) is 10.4. The molecule has 0 saturated heterocycles. The van der Waals surface area contributed by atoms with Crippen LogP contribution in [0.5, 0.6) is 0 Å². The quantitative estimate of drug-likeness (QED) is 0.587. The van der Waals surface area contributed by atoms with Crippen LogP contribution < -0.4 is 4.72 Å². The molecule has 5 heteroatoms. The molecule has 1 atom stereocenters. The fourth-order valence-corrected chi connectivity index (χ4v) is 3.99. The van der Waals surface area contributed by atoms with Crippen LogP contribution in [0.3, 0.4) is 0 Å².